The quantitative estimate of drug-likeness (QED) is 0.511. The molecule has 1 unspecified atom stereocenters. The Morgan fingerprint density at radius 1 is 1.03 bits per heavy atom. The van der Waals surface area contributed by atoms with Crippen LogP contribution in [0.5, 0.6) is 5.75 Å². The van der Waals surface area contributed by atoms with E-state index >= 15 is 0 Å². The lowest BCUT2D eigenvalue weighted by molar-refractivity contribution is -0.118. The summed E-state index contributed by atoms with van der Waals surface area (Å²) in [6.07, 6.45) is 1.68. The fourth-order valence-electron chi connectivity index (χ4n) is 3.97. The molecule has 3 aromatic carbocycles. The number of ether oxygens (including phenoxy) is 1. The van der Waals surface area contributed by atoms with Crippen molar-refractivity contribution < 1.29 is 17.9 Å². The molecule has 6 nitrogen and oxygen atoms in total. The van der Waals surface area contributed by atoms with Gasteiger partial charge in [0.25, 0.3) is 15.9 Å². The molecule has 1 aliphatic heterocycles. The van der Waals surface area contributed by atoms with Gasteiger partial charge in [0.05, 0.1) is 10.6 Å². The number of nitrogens with zero attached hydrogens (tertiary/aromatic N) is 1. The maximum Gasteiger partial charge on any atom is 0.264 e. The van der Waals surface area contributed by atoms with Gasteiger partial charge in [0.15, 0.2) is 6.61 Å². The summed E-state index contributed by atoms with van der Waals surface area (Å²) < 4.78 is 33.4. The van der Waals surface area contributed by atoms with Gasteiger partial charge in [-0.25, -0.2) is 8.42 Å². The molecule has 0 spiro atoms. The van der Waals surface area contributed by atoms with Crippen molar-refractivity contribution in [2.75, 3.05) is 22.8 Å². The Morgan fingerprint density at radius 2 is 1.73 bits per heavy atom. The van der Waals surface area contributed by atoms with E-state index in [1.807, 2.05) is 48.5 Å². The third kappa shape index (κ3) is 4.88. The van der Waals surface area contributed by atoms with Crippen LogP contribution in [0.2, 0.25) is 0 Å². The highest BCUT2D eigenvalue weighted by Crippen LogP contribution is 2.33. The number of carbonyl (C=O) groups excluding carboxylic acids is 1. The van der Waals surface area contributed by atoms with Crippen molar-refractivity contribution in [3.05, 3.63) is 83.9 Å². The predicted octanol–water partition coefficient (Wildman–Crippen LogP) is 4.97. The third-order valence-corrected chi connectivity index (χ3v) is 7.82. The van der Waals surface area contributed by atoms with Crippen molar-refractivity contribution >= 4 is 27.3 Å². The molecule has 1 heterocycles. The lowest BCUT2D eigenvalue weighted by atomic mass is 9.98. The molecule has 0 radical (unpaired) electrons. The van der Waals surface area contributed by atoms with E-state index in [0.29, 0.717) is 30.3 Å². The highest BCUT2D eigenvalue weighted by molar-refractivity contribution is 7.92. The molecule has 0 fully saturated rings. The molecule has 0 saturated carbocycles. The van der Waals surface area contributed by atoms with Crippen LogP contribution in [0.1, 0.15) is 37.3 Å². The van der Waals surface area contributed by atoms with Crippen molar-refractivity contribution in [3.8, 4) is 5.75 Å². The molecule has 0 aromatic heterocycles. The van der Waals surface area contributed by atoms with Crippen LogP contribution in [0.15, 0.2) is 77.7 Å². The number of amides is 1. The van der Waals surface area contributed by atoms with Crippen LogP contribution in [-0.2, 0) is 21.2 Å². The molecular weight excluding hydrogens is 436 g/mol. The smallest absolute Gasteiger partial charge is 0.264 e. The van der Waals surface area contributed by atoms with Crippen LogP contribution in [-0.4, -0.2) is 27.5 Å². The SMILES string of the molecule is CCC(C)c1ccccc1OCC(=O)Nc1ccc(S(=O)(=O)N2CCc3ccccc32)cc1. The third-order valence-electron chi connectivity index (χ3n) is 5.99. The first-order valence-corrected chi connectivity index (χ1v) is 12.6. The fraction of sp³-hybridized carbons (Fsp3) is 0.269. The van der Waals surface area contributed by atoms with Gasteiger partial charge < -0.3 is 10.1 Å². The Labute approximate surface area is 195 Å². The number of benzene rings is 3. The van der Waals surface area contributed by atoms with E-state index in [2.05, 4.69) is 19.2 Å². The van der Waals surface area contributed by atoms with Gasteiger partial charge in [-0.3, -0.25) is 9.10 Å². The molecule has 1 atom stereocenters. The van der Waals surface area contributed by atoms with Crippen molar-refractivity contribution in [3.63, 3.8) is 0 Å². The number of rotatable bonds is 8. The summed E-state index contributed by atoms with van der Waals surface area (Å²) in [6, 6.07) is 21.5. The first-order valence-electron chi connectivity index (χ1n) is 11.1. The normalized spacial score (nSPS) is 13.9. The summed E-state index contributed by atoms with van der Waals surface area (Å²) in [7, 11) is -3.66. The molecular formula is C26H28N2O4S. The van der Waals surface area contributed by atoms with Crippen LogP contribution < -0.4 is 14.4 Å². The van der Waals surface area contributed by atoms with Gasteiger partial charge >= 0.3 is 0 Å². The molecule has 1 aliphatic rings. The topological polar surface area (TPSA) is 75.7 Å². The first kappa shape index (κ1) is 22.9. The number of anilines is 2. The standard InChI is InChI=1S/C26H28N2O4S/c1-3-19(2)23-9-5-7-11-25(23)32-18-26(29)27-21-12-14-22(15-13-21)33(30,31)28-17-16-20-8-4-6-10-24(20)28/h4-15,19H,3,16-18H2,1-2H3,(H,27,29). The summed E-state index contributed by atoms with van der Waals surface area (Å²) >= 11 is 0. The summed E-state index contributed by atoms with van der Waals surface area (Å²) in [5, 5.41) is 2.77. The van der Waals surface area contributed by atoms with Gasteiger partial charge in [-0.1, -0.05) is 50.2 Å². The van der Waals surface area contributed by atoms with Crippen LogP contribution in [0, 0.1) is 0 Å². The van der Waals surface area contributed by atoms with Crippen molar-refractivity contribution in [2.45, 2.75) is 37.5 Å². The Hall–Kier alpha value is -3.32. The minimum Gasteiger partial charge on any atom is -0.483 e. The number of sulfonamides is 1. The second-order valence-electron chi connectivity index (χ2n) is 8.16. The van der Waals surface area contributed by atoms with E-state index in [1.54, 1.807) is 12.1 Å². The monoisotopic (exact) mass is 464 g/mol. The summed E-state index contributed by atoms with van der Waals surface area (Å²) in [5.41, 5.74) is 3.34. The van der Waals surface area contributed by atoms with Gasteiger partial charge in [-0.05, 0) is 66.3 Å². The second kappa shape index (κ2) is 9.67. The molecule has 7 heteroatoms. The first-order chi connectivity index (χ1) is 15.9. The lowest BCUT2D eigenvalue weighted by Crippen LogP contribution is -2.29. The van der Waals surface area contributed by atoms with E-state index in [4.69, 9.17) is 4.74 Å². The Balaban J connectivity index is 1.40. The van der Waals surface area contributed by atoms with Crippen molar-refractivity contribution in [1.29, 1.82) is 0 Å². The second-order valence-corrected chi connectivity index (χ2v) is 10.0. The Morgan fingerprint density at radius 3 is 2.48 bits per heavy atom. The van der Waals surface area contributed by atoms with Gasteiger partial charge in [-0.15, -0.1) is 0 Å². The van der Waals surface area contributed by atoms with E-state index in [-0.39, 0.29) is 17.4 Å². The molecule has 172 valence electrons. The van der Waals surface area contributed by atoms with E-state index < -0.39 is 10.0 Å². The molecule has 0 bridgehead atoms. The maximum atomic E-state index is 13.1. The molecule has 0 aliphatic carbocycles. The minimum absolute atomic E-state index is 0.127. The Bertz CT molecular complexity index is 1240. The summed E-state index contributed by atoms with van der Waals surface area (Å²) in [6.45, 7) is 4.53. The van der Waals surface area contributed by atoms with Crippen LogP contribution >= 0.6 is 0 Å². The van der Waals surface area contributed by atoms with E-state index in [0.717, 1.165) is 23.2 Å². The van der Waals surface area contributed by atoms with Crippen LogP contribution in [0.25, 0.3) is 0 Å². The van der Waals surface area contributed by atoms with E-state index in [1.165, 1.54) is 16.4 Å². The van der Waals surface area contributed by atoms with Crippen LogP contribution in [0.4, 0.5) is 11.4 Å². The van der Waals surface area contributed by atoms with Crippen molar-refractivity contribution in [2.24, 2.45) is 0 Å². The zero-order valence-corrected chi connectivity index (χ0v) is 19.6. The number of hydrogen-bond acceptors (Lipinski definition) is 4. The number of para-hydroxylation sites is 2. The largest absolute Gasteiger partial charge is 0.483 e. The minimum atomic E-state index is -3.66. The lowest BCUT2D eigenvalue weighted by Gasteiger charge is -2.19. The summed E-state index contributed by atoms with van der Waals surface area (Å²) in [5.74, 6) is 0.730. The van der Waals surface area contributed by atoms with Gasteiger partial charge in [-0.2, -0.15) is 0 Å². The van der Waals surface area contributed by atoms with Gasteiger partial charge in [0.2, 0.25) is 0 Å². The fourth-order valence-corrected chi connectivity index (χ4v) is 5.48. The average Bonchev–Trinajstić information content (AvgIpc) is 3.28. The number of carbonyl (C=O) groups is 1. The van der Waals surface area contributed by atoms with Crippen LogP contribution in [0.3, 0.4) is 0 Å². The predicted molar refractivity (Wildman–Crippen MR) is 130 cm³/mol. The highest BCUT2D eigenvalue weighted by atomic mass is 32.2. The van der Waals surface area contributed by atoms with Crippen molar-refractivity contribution in [1.82, 2.24) is 0 Å². The number of hydrogen-bond donors (Lipinski definition) is 1. The molecule has 0 saturated heterocycles. The Kier molecular flexibility index (Phi) is 6.70. The van der Waals surface area contributed by atoms with Gasteiger partial charge in [0, 0.05) is 12.2 Å². The van der Waals surface area contributed by atoms with Gasteiger partial charge in [0.1, 0.15) is 5.75 Å². The molecule has 1 N–H and O–H groups in total. The molecule has 3 aromatic rings. The molecule has 4 rings (SSSR count). The number of fused-ring (bicyclic) bond motifs is 1. The maximum absolute atomic E-state index is 13.1. The molecule has 33 heavy (non-hydrogen) atoms. The zero-order chi connectivity index (χ0) is 23.4. The molecule has 1 amide bonds. The highest BCUT2D eigenvalue weighted by Gasteiger charge is 2.30. The zero-order valence-electron chi connectivity index (χ0n) is 18.8. The summed E-state index contributed by atoms with van der Waals surface area (Å²) in [4.78, 5) is 12.6. The number of nitrogens with one attached hydrogen (secondary N) is 1. The van der Waals surface area contributed by atoms with E-state index in [9.17, 15) is 13.2 Å². The average molecular weight is 465 g/mol.